The van der Waals surface area contributed by atoms with Crippen molar-refractivity contribution in [1.82, 2.24) is 4.90 Å². The minimum Gasteiger partial charge on any atom is -0.504 e. The number of carboxylic acid groups (broad SMARTS) is 1. The second-order valence-electron chi connectivity index (χ2n) is 7.99. The Morgan fingerprint density at radius 1 is 1.21 bits per heavy atom. The first-order chi connectivity index (χ1) is 16.0. The zero-order valence-electron chi connectivity index (χ0n) is 18.5. The van der Waals surface area contributed by atoms with Gasteiger partial charge < -0.3 is 25.7 Å². The van der Waals surface area contributed by atoms with Crippen molar-refractivity contribution in [2.75, 3.05) is 17.2 Å². The van der Waals surface area contributed by atoms with Crippen LogP contribution in [0.15, 0.2) is 35.2 Å². The van der Waals surface area contributed by atoms with Gasteiger partial charge in [0.15, 0.2) is 15.6 Å². The highest BCUT2D eigenvalue weighted by Gasteiger charge is 2.40. The van der Waals surface area contributed by atoms with Crippen LogP contribution in [-0.4, -0.2) is 53.5 Å². The van der Waals surface area contributed by atoms with E-state index in [1.54, 1.807) is 6.92 Å². The van der Waals surface area contributed by atoms with Crippen LogP contribution in [0.4, 0.5) is 25.4 Å². The molecule has 0 radical (unpaired) electrons. The van der Waals surface area contributed by atoms with Crippen LogP contribution in [0.1, 0.15) is 31.7 Å². The second kappa shape index (κ2) is 10.1. The third-order valence-electron chi connectivity index (χ3n) is 5.96. The minimum absolute atomic E-state index is 0.0312. The first-order valence-electron chi connectivity index (χ1n) is 10.5. The molecule has 2 atom stereocenters. The van der Waals surface area contributed by atoms with Gasteiger partial charge in [-0.3, -0.25) is 0 Å². The summed E-state index contributed by atoms with van der Waals surface area (Å²) in [5.41, 5.74) is 0.207. The standard InChI is InChI=1S/C22H25ClFN3O6S/c1-3-13-11-14(9-10-27(13)22(30)31)34(32,33)20-15(23)7-8-18(19(20)28)26-21(29)25-17-6-4-5-16(24)12(17)2/h4-8,13-14,28H,3,9-11H2,1-2H3,(H,30,31)(H2,25,26,29). The maximum absolute atomic E-state index is 13.7. The number of rotatable bonds is 5. The molecule has 1 fully saturated rings. The van der Waals surface area contributed by atoms with Crippen LogP contribution in [0.2, 0.25) is 5.02 Å². The summed E-state index contributed by atoms with van der Waals surface area (Å²) in [4.78, 5) is 24.5. The smallest absolute Gasteiger partial charge is 0.407 e. The SMILES string of the molecule is CCC1CC(S(=O)(=O)c2c(Cl)ccc(NC(=O)Nc3cccc(F)c3C)c2O)CCN1C(=O)O. The minimum atomic E-state index is -4.17. The maximum Gasteiger partial charge on any atom is 0.407 e. The molecule has 2 aromatic rings. The number of likely N-dealkylation sites (tertiary alicyclic amines) is 1. The zero-order valence-corrected chi connectivity index (χ0v) is 20.1. The maximum atomic E-state index is 13.7. The lowest BCUT2D eigenvalue weighted by Gasteiger charge is -2.37. The predicted octanol–water partition coefficient (Wildman–Crippen LogP) is 4.83. The van der Waals surface area contributed by atoms with Gasteiger partial charge in [-0.15, -0.1) is 0 Å². The van der Waals surface area contributed by atoms with Gasteiger partial charge in [0.25, 0.3) is 0 Å². The average Bonchev–Trinajstić information content (AvgIpc) is 2.78. The fourth-order valence-electron chi connectivity index (χ4n) is 4.04. The van der Waals surface area contributed by atoms with Crippen molar-refractivity contribution in [3.8, 4) is 5.75 Å². The molecule has 0 spiro atoms. The summed E-state index contributed by atoms with van der Waals surface area (Å²) in [6, 6.07) is 5.32. The molecule has 9 nitrogen and oxygen atoms in total. The highest BCUT2D eigenvalue weighted by Crippen LogP contribution is 2.41. The number of urea groups is 1. The van der Waals surface area contributed by atoms with Crippen molar-refractivity contribution >= 4 is 44.9 Å². The number of piperidine rings is 1. The van der Waals surface area contributed by atoms with Crippen LogP contribution in [0, 0.1) is 12.7 Å². The molecule has 4 N–H and O–H groups in total. The van der Waals surface area contributed by atoms with Gasteiger partial charge in [0, 0.05) is 23.8 Å². The molecule has 3 rings (SSSR count). The molecule has 12 heteroatoms. The van der Waals surface area contributed by atoms with Crippen LogP contribution in [0.3, 0.4) is 0 Å². The predicted molar refractivity (Wildman–Crippen MR) is 126 cm³/mol. The lowest BCUT2D eigenvalue weighted by atomic mass is 10.0. The highest BCUT2D eigenvalue weighted by atomic mass is 35.5. The molecular weight excluding hydrogens is 489 g/mol. The van der Waals surface area contributed by atoms with E-state index in [1.165, 1.54) is 42.2 Å². The molecule has 1 aliphatic rings. The number of carbonyl (C=O) groups excluding carboxylic acids is 1. The topological polar surface area (TPSA) is 136 Å². The average molecular weight is 514 g/mol. The number of nitrogens with one attached hydrogen (secondary N) is 2. The summed E-state index contributed by atoms with van der Waals surface area (Å²) in [5, 5.41) is 23.7. The largest absolute Gasteiger partial charge is 0.504 e. The number of hydrogen-bond acceptors (Lipinski definition) is 5. The molecule has 1 heterocycles. The number of sulfone groups is 1. The molecule has 0 aromatic heterocycles. The molecular formula is C22H25ClFN3O6S. The molecule has 3 amide bonds. The first kappa shape index (κ1) is 25.6. The third kappa shape index (κ3) is 5.05. The molecule has 1 aliphatic heterocycles. The van der Waals surface area contributed by atoms with Crippen LogP contribution in [0.5, 0.6) is 5.75 Å². The quantitative estimate of drug-likeness (QED) is 0.423. The Morgan fingerprint density at radius 3 is 2.53 bits per heavy atom. The number of phenols is 1. The lowest BCUT2D eigenvalue weighted by Crippen LogP contribution is -2.48. The summed E-state index contributed by atoms with van der Waals surface area (Å²) < 4.78 is 40.5. The van der Waals surface area contributed by atoms with E-state index in [0.717, 1.165) is 0 Å². The van der Waals surface area contributed by atoms with Crippen LogP contribution < -0.4 is 10.6 Å². The molecule has 0 bridgehead atoms. The fraction of sp³-hybridized carbons (Fsp3) is 0.364. The normalized spacial score (nSPS) is 18.4. The number of carbonyl (C=O) groups is 2. The summed E-state index contributed by atoms with van der Waals surface area (Å²) in [5.74, 6) is -1.24. The number of hydrogen-bond donors (Lipinski definition) is 4. The zero-order chi connectivity index (χ0) is 25.2. The lowest BCUT2D eigenvalue weighted by molar-refractivity contribution is 0.106. The summed E-state index contributed by atoms with van der Waals surface area (Å²) >= 11 is 6.15. The molecule has 0 saturated carbocycles. The van der Waals surface area contributed by atoms with E-state index >= 15 is 0 Å². The van der Waals surface area contributed by atoms with E-state index in [2.05, 4.69) is 10.6 Å². The van der Waals surface area contributed by atoms with Gasteiger partial charge in [-0.1, -0.05) is 24.6 Å². The molecule has 2 unspecified atom stereocenters. The number of aromatic hydroxyl groups is 1. The van der Waals surface area contributed by atoms with E-state index < -0.39 is 49.7 Å². The number of amides is 3. The van der Waals surface area contributed by atoms with Gasteiger partial charge in [0.1, 0.15) is 10.7 Å². The second-order valence-corrected chi connectivity index (χ2v) is 10.6. The Labute approximate surface area is 201 Å². The number of halogens is 2. The Bertz CT molecular complexity index is 1220. The van der Waals surface area contributed by atoms with Crippen LogP contribution >= 0.6 is 11.6 Å². The van der Waals surface area contributed by atoms with E-state index in [0.29, 0.717) is 6.42 Å². The van der Waals surface area contributed by atoms with Gasteiger partial charge in [0.2, 0.25) is 0 Å². The summed E-state index contributed by atoms with van der Waals surface area (Å²) in [7, 11) is -4.17. The summed E-state index contributed by atoms with van der Waals surface area (Å²) in [6.07, 6.45) is -0.593. The van der Waals surface area contributed by atoms with Crippen molar-refractivity contribution in [2.24, 2.45) is 0 Å². The molecule has 0 aliphatic carbocycles. The number of benzene rings is 2. The number of nitrogens with zero attached hydrogens (tertiary/aromatic N) is 1. The number of anilines is 2. The highest BCUT2D eigenvalue weighted by molar-refractivity contribution is 7.92. The molecule has 1 saturated heterocycles. The van der Waals surface area contributed by atoms with Crippen molar-refractivity contribution < 1.29 is 32.6 Å². The Kier molecular flexibility index (Phi) is 7.57. The first-order valence-corrected chi connectivity index (χ1v) is 12.5. The van der Waals surface area contributed by atoms with E-state index in [9.17, 15) is 32.6 Å². The monoisotopic (exact) mass is 513 g/mol. The molecule has 34 heavy (non-hydrogen) atoms. The summed E-state index contributed by atoms with van der Waals surface area (Å²) in [6.45, 7) is 3.28. The number of phenolic OH excluding ortho intramolecular Hbond substituents is 1. The molecule has 184 valence electrons. The Balaban J connectivity index is 1.86. The fourth-order valence-corrected chi connectivity index (χ4v) is 6.46. The van der Waals surface area contributed by atoms with E-state index in [4.69, 9.17) is 11.6 Å². The van der Waals surface area contributed by atoms with E-state index in [1.807, 2.05) is 0 Å². The van der Waals surface area contributed by atoms with Gasteiger partial charge in [-0.05, 0) is 50.5 Å². The van der Waals surface area contributed by atoms with Crippen molar-refractivity contribution in [1.29, 1.82) is 0 Å². The Hall–Kier alpha value is -3.05. The third-order valence-corrected chi connectivity index (χ3v) is 8.67. The van der Waals surface area contributed by atoms with Gasteiger partial charge in [-0.2, -0.15) is 0 Å². The van der Waals surface area contributed by atoms with Gasteiger partial charge in [0.05, 0.1) is 16.0 Å². The van der Waals surface area contributed by atoms with Gasteiger partial charge >= 0.3 is 12.1 Å². The Morgan fingerprint density at radius 2 is 1.88 bits per heavy atom. The van der Waals surface area contributed by atoms with E-state index in [-0.39, 0.29) is 41.3 Å². The van der Waals surface area contributed by atoms with Crippen molar-refractivity contribution in [3.05, 3.63) is 46.7 Å². The van der Waals surface area contributed by atoms with Crippen LogP contribution in [0.25, 0.3) is 0 Å². The van der Waals surface area contributed by atoms with Gasteiger partial charge in [-0.25, -0.2) is 22.4 Å². The van der Waals surface area contributed by atoms with Crippen molar-refractivity contribution in [2.45, 2.75) is 49.3 Å². The molecule has 2 aromatic carbocycles. The van der Waals surface area contributed by atoms with Crippen LogP contribution in [-0.2, 0) is 9.84 Å². The van der Waals surface area contributed by atoms with Crippen molar-refractivity contribution in [3.63, 3.8) is 0 Å².